The van der Waals surface area contributed by atoms with Crippen LogP contribution in [0.5, 0.6) is 0 Å². The summed E-state index contributed by atoms with van der Waals surface area (Å²) in [7, 11) is 2.76. The number of ether oxygens (including phenoxy) is 2. The molecule has 4 nitrogen and oxygen atoms in total. The molecule has 6 rings (SSSR count). The van der Waals surface area contributed by atoms with Crippen LogP contribution in [-0.2, 0) is 35.2 Å². The lowest BCUT2D eigenvalue weighted by atomic mass is 9.92. The number of carbonyl (C=O) groups is 2. The molecular formula is C21H22O4. The molecule has 4 aliphatic rings. The van der Waals surface area contributed by atoms with Gasteiger partial charge in [-0.1, -0.05) is 24.3 Å². The summed E-state index contributed by atoms with van der Waals surface area (Å²) in [6.45, 7) is 0. The molecule has 0 aliphatic heterocycles. The molecule has 0 atom stereocenters. The SMILES string of the molecule is COC(=O)c1cc2c(C(=O)OC)cc1CCCc1ccc(cc1)CC2. The van der Waals surface area contributed by atoms with E-state index in [-0.39, 0.29) is 11.9 Å². The zero-order chi connectivity index (χ0) is 17.8. The van der Waals surface area contributed by atoms with E-state index >= 15 is 0 Å². The third kappa shape index (κ3) is 3.73. The maximum absolute atomic E-state index is 12.2. The van der Waals surface area contributed by atoms with Crippen molar-refractivity contribution in [1.29, 1.82) is 0 Å². The molecule has 0 fully saturated rings. The number of hydrogen-bond donors (Lipinski definition) is 0. The van der Waals surface area contributed by atoms with Gasteiger partial charge in [-0.05, 0) is 66.5 Å². The van der Waals surface area contributed by atoms with Crippen molar-refractivity contribution in [1.82, 2.24) is 0 Å². The van der Waals surface area contributed by atoms with Gasteiger partial charge in [0.25, 0.3) is 0 Å². The van der Waals surface area contributed by atoms with Crippen LogP contribution in [0.4, 0.5) is 0 Å². The summed E-state index contributed by atoms with van der Waals surface area (Å²) in [6.07, 6.45) is 3.98. The molecule has 2 aromatic rings. The summed E-state index contributed by atoms with van der Waals surface area (Å²) in [4.78, 5) is 24.5. The number of methoxy groups -OCH3 is 2. The van der Waals surface area contributed by atoms with Crippen molar-refractivity contribution in [2.24, 2.45) is 0 Å². The smallest absolute Gasteiger partial charge is 0.338 e. The van der Waals surface area contributed by atoms with Crippen molar-refractivity contribution in [3.63, 3.8) is 0 Å². The molecule has 0 saturated heterocycles. The van der Waals surface area contributed by atoms with E-state index in [4.69, 9.17) is 9.47 Å². The fourth-order valence-corrected chi connectivity index (χ4v) is 3.34. The number of esters is 2. The van der Waals surface area contributed by atoms with E-state index in [2.05, 4.69) is 24.3 Å². The minimum Gasteiger partial charge on any atom is -0.465 e. The minimum atomic E-state index is -0.364. The molecule has 4 bridgehead atoms. The summed E-state index contributed by atoms with van der Waals surface area (Å²) in [5.74, 6) is -0.723. The summed E-state index contributed by atoms with van der Waals surface area (Å²) in [6, 6.07) is 12.2. The monoisotopic (exact) mass is 338 g/mol. The number of carbonyl (C=O) groups excluding carboxylic acids is 2. The van der Waals surface area contributed by atoms with Crippen LogP contribution in [0.25, 0.3) is 0 Å². The molecule has 0 spiro atoms. The first kappa shape index (κ1) is 17.2. The van der Waals surface area contributed by atoms with Crippen LogP contribution in [-0.4, -0.2) is 26.2 Å². The van der Waals surface area contributed by atoms with Gasteiger partial charge in [-0.15, -0.1) is 0 Å². The Kier molecular flexibility index (Phi) is 5.17. The van der Waals surface area contributed by atoms with E-state index in [1.807, 2.05) is 6.07 Å². The Morgan fingerprint density at radius 1 is 0.720 bits per heavy atom. The van der Waals surface area contributed by atoms with Crippen LogP contribution >= 0.6 is 0 Å². The highest BCUT2D eigenvalue weighted by molar-refractivity contribution is 5.96. The first-order chi connectivity index (χ1) is 12.1. The van der Waals surface area contributed by atoms with E-state index in [0.717, 1.165) is 30.4 Å². The second-order valence-corrected chi connectivity index (χ2v) is 6.32. The Morgan fingerprint density at radius 2 is 1.20 bits per heavy atom. The number of benzene rings is 2. The molecule has 2 aromatic carbocycles. The first-order valence-corrected chi connectivity index (χ1v) is 8.52. The van der Waals surface area contributed by atoms with Gasteiger partial charge in [0.1, 0.15) is 0 Å². The number of rotatable bonds is 2. The summed E-state index contributed by atoms with van der Waals surface area (Å²) < 4.78 is 9.90. The molecule has 25 heavy (non-hydrogen) atoms. The van der Waals surface area contributed by atoms with Gasteiger partial charge in [0.15, 0.2) is 0 Å². The number of aryl methyl sites for hydroxylation is 4. The van der Waals surface area contributed by atoms with Crippen LogP contribution in [0.15, 0.2) is 36.4 Å². The van der Waals surface area contributed by atoms with Gasteiger partial charge in [0.2, 0.25) is 0 Å². The van der Waals surface area contributed by atoms with E-state index in [1.165, 1.54) is 25.3 Å². The van der Waals surface area contributed by atoms with E-state index < -0.39 is 0 Å². The molecule has 4 heteroatoms. The molecule has 4 aliphatic carbocycles. The zero-order valence-corrected chi connectivity index (χ0v) is 14.6. The van der Waals surface area contributed by atoms with Crippen molar-refractivity contribution in [2.75, 3.05) is 14.2 Å². The van der Waals surface area contributed by atoms with Gasteiger partial charge >= 0.3 is 11.9 Å². The third-order valence-electron chi connectivity index (χ3n) is 4.76. The minimum absolute atomic E-state index is 0.359. The fraction of sp³-hybridized carbons (Fsp3) is 0.333. The first-order valence-electron chi connectivity index (χ1n) is 8.52. The maximum Gasteiger partial charge on any atom is 0.338 e. The molecule has 0 radical (unpaired) electrons. The normalized spacial score (nSPS) is 13.5. The largest absolute Gasteiger partial charge is 0.465 e. The topological polar surface area (TPSA) is 52.6 Å². The fourth-order valence-electron chi connectivity index (χ4n) is 3.34. The van der Waals surface area contributed by atoms with Gasteiger partial charge < -0.3 is 9.47 Å². The summed E-state index contributed by atoms with van der Waals surface area (Å²) in [5, 5.41) is 0. The zero-order valence-electron chi connectivity index (χ0n) is 14.6. The maximum atomic E-state index is 12.2. The van der Waals surface area contributed by atoms with E-state index in [1.54, 1.807) is 6.07 Å². The van der Waals surface area contributed by atoms with Gasteiger partial charge in [0, 0.05) is 0 Å². The lowest BCUT2D eigenvalue weighted by Gasteiger charge is -2.14. The summed E-state index contributed by atoms with van der Waals surface area (Å²) >= 11 is 0. The van der Waals surface area contributed by atoms with Crippen molar-refractivity contribution in [3.8, 4) is 0 Å². The lowest BCUT2D eigenvalue weighted by molar-refractivity contribution is 0.0584. The average Bonchev–Trinajstić information content (AvgIpc) is 2.69. The molecule has 0 amide bonds. The quantitative estimate of drug-likeness (QED) is 0.786. The molecule has 0 aromatic heterocycles. The number of hydrogen-bond acceptors (Lipinski definition) is 4. The molecule has 130 valence electrons. The predicted octanol–water partition coefficient (Wildman–Crippen LogP) is 3.53. The van der Waals surface area contributed by atoms with E-state index in [9.17, 15) is 9.59 Å². The van der Waals surface area contributed by atoms with Crippen LogP contribution in [0.1, 0.15) is 49.4 Å². The van der Waals surface area contributed by atoms with Gasteiger partial charge in [-0.3, -0.25) is 0 Å². The standard InChI is InChI=1S/C21H22O4/c1-24-20(22)18-13-17-11-10-15-8-6-14(7-9-15)4-3-5-16(18)12-19(17)21(23)25-2/h6-9,12-13H,3-5,10-11H2,1-2H3. The van der Waals surface area contributed by atoms with Crippen LogP contribution in [0.2, 0.25) is 0 Å². The molecule has 0 heterocycles. The highest BCUT2D eigenvalue weighted by atomic mass is 16.5. The Bertz CT molecular complexity index is 790. The Morgan fingerprint density at radius 3 is 1.72 bits per heavy atom. The van der Waals surface area contributed by atoms with Crippen LogP contribution in [0.3, 0.4) is 0 Å². The highest BCUT2D eigenvalue weighted by Gasteiger charge is 2.20. The van der Waals surface area contributed by atoms with Gasteiger partial charge in [0.05, 0.1) is 25.3 Å². The third-order valence-corrected chi connectivity index (χ3v) is 4.76. The van der Waals surface area contributed by atoms with Crippen molar-refractivity contribution in [2.45, 2.75) is 32.1 Å². The Balaban J connectivity index is 2.10. The Hall–Kier alpha value is -2.62. The highest BCUT2D eigenvalue weighted by Crippen LogP contribution is 2.24. The average molecular weight is 338 g/mol. The van der Waals surface area contributed by atoms with Crippen LogP contribution < -0.4 is 0 Å². The second-order valence-electron chi connectivity index (χ2n) is 6.32. The molecule has 0 unspecified atom stereocenters. The Labute approximate surface area is 147 Å². The molecule has 0 N–H and O–H groups in total. The van der Waals surface area contributed by atoms with Crippen molar-refractivity contribution >= 4 is 11.9 Å². The van der Waals surface area contributed by atoms with Gasteiger partial charge in [-0.25, -0.2) is 9.59 Å². The van der Waals surface area contributed by atoms with Crippen LogP contribution in [0, 0.1) is 0 Å². The second kappa shape index (κ2) is 7.51. The molecule has 0 saturated carbocycles. The lowest BCUT2D eigenvalue weighted by Crippen LogP contribution is -2.13. The van der Waals surface area contributed by atoms with Crippen molar-refractivity contribution < 1.29 is 19.1 Å². The van der Waals surface area contributed by atoms with Gasteiger partial charge in [-0.2, -0.15) is 0 Å². The molecular weight excluding hydrogens is 316 g/mol. The van der Waals surface area contributed by atoms with E-state index in [0.29, 0.717) is 24.0 Å². The van der Waals surface area contributed by atoms with Crippen molar-refractivity contribution in [3.05, 3.63) is 69.8 Å². The predicted molar refractivity (Wildman–Crippen MR) is 95.0 cm³/mol. The summed E-state index contributed by atoms with van der Waals surface area (Å²) in [5.41, 5.74) is 5.24.